The monoisotopic (exact) mass is 630 g/mol. The molecule has 9 nitrogen and oxygen atoms in total. The van der Waals surface area contributed by atoms with Gasteiger partial charge in [-0.3, -0.25) is 14.0 Å². The highest BCUT2D eigenvalue weighted by Gasteiger charge is 2.46. The molecule has 3 aromatic rings. The van der Waals surface area contributed by atoms with Gasteiger partial charge in [0.15, 0.2) is 0 Å². The number of allylic oxidation sites excluding steroid dienone is 1. The Balaban J connectivity index is 1.52. The minimum absolute atomic E-state index is 0.0992. The van der Waals surface area contributed by atoms with Gasteiger partial charge in [-0.25, -0.2) is 9.18 Å². The van der Waals surface area contributed by atoms with Crippen LogP contribution in [0.2, 0.25) is 0 Å². The lowest BCUT2D eigenvalue weighted by Gasteiger charge is -2.44. The van der Waals surface area contributed by atoms with Crippen molar-refractivity contribution >= 4 is 40.2 Å². The Hall–Kier alpha value is -3.65. The number of hydrogen-bond donors (Lipinski definition) is 0. The molecule has 44 heavy (non-hydrogen) atoms. The van der Waals surface area contributed by atoms with Crippen LogP contribution in [0.4, 0.5) is 23.4 Å². The number of benzene rings is 1. The van der Waals surface area contributed by atoms with Crippen LogP contribution in [-0.4, -0.2) is 74.3 Å². The molecule has 0 radical (unpaired) electrons. The Bertz CT molecular complexity index is 1830. The summed E-state index contributed by atoms with van der Waals surface area (Å²) in [5.41, 5.74) is -1.21. The number of carbonyl (C=O) groups excluding carboxylic acids is 1. The van der Waals surface area contributed by atoms with E-state index in [1.807, 2.05) is 18.7 Å². The van der Waals surface area contributed by atoms with Gasteiger partial charge in [0, 0.05) is 66.1 Å². The van der Waals surface area contributed by atoms with E-state index in [0.717, 1.165) is 6.07 Å². The molecule has 7 rings (SSSR count). The summed E-state index contributed by atoms with van der Waals surface area (Å²) in [5, 5.41) is 4.31. The molecule has 4 aliphatic rings. The predicted octanol–water partition coefficient (Wildman–Crippen LogP) is 4.34. The molecule has 0 N–H and O–H groups in total. The summed E-state index contributed by atoms with van der Waals surface area (Å²) in [4.78, 5) is 34.5. The highest BCUT2D eigenvalue weighted by Crippen LogP contribution is 2.53. The van der Waals surface area contributed by atoms with E-state index in [-0.39, 0.29) is 64.9 Å². The Morgan fingerprint density at radius 3 is 2.64 bits per heavy atom. The van der Waals surface area contributed by atoms with Crippen molar-refractivity contribution in [2.45, 2.75) is 49.5 Å². The molecule has 1 spiro atoms. The minimum atomic E-state index is -4.80. The average molecular weight is 631 g/mol. The number of ether oxygens (including phenoxy) is 1. The minimum Gasteiger partial charge on any atom is -0.380 e. The lowest BCUT2D eigenvalue weighted by Crippen LogP contribution is -2.58. The molecule has 1 aliphatic carbocycles. The molecule has 1 amide bonds. The Kier molecular flexibility index (Phi) is 6.56. The first kappa shape index (κ1) is 29.1. The van der Waals surface area contributed by atoms with Crippen molar-refractivity contribution in [3.8, 4) is 0 Å². The van der Waals surface area contributed by atoms with Gasteiger partial charge in [0.2, 0.25) is 5.91 Å². The smallest absolute Gasteiger partial charge is 0.380 e. The number of anilines is 1. The van der Waals surface area contributed by atoms with Crippen LogP contribution >= 0.6 is 11.8 Å². The second-order valence-corrected chi connectivity index (χ2v) is 13.2. The zero-order valence-corrected chi connectivity index (χ0v) is 25.1. The van der Waals surface area contributed by atoms with Crippen LogP contribution in [0.3, 0.4) is 0 Å². The molecule has 3 atom stereocenters. The number of piperazine rings is 1. The van der Waals surface area contributed by atoms with Crippen LogP contribution in [0.25, 0.3) is 16.7 Å². The van der Waals surface area contributed by atoms with Gasteiger partial charge >= 0.3 is 11.9 Å². The number of amides is 1. The largest absolute Gasteiger partial charge is 0.416 e. The van der Waals surface area contributed by atoms with Gasteiger partial charge in [-0.15, -0.1) is 11.8 Å². The quantitative estimate of drug-likeness (QED) is 0.315. The number of carbonyl (C=O) groups is 1. The van der Waals surface area contributed by atoms with Gasteiger partial charge in [0.1, 0.15) is 11.6 Å². The van der Waals surface area contributed by atoms with Gasteiger partial charge in [-0.1, -0.05) is 6.58 Å². The summed E-state index contributed by atoms with van der Waals surface area (Å²) in [6.07, 6.45) is -1.05. The molecular formula is C30H30F4N6O3S. The number of nitrogens with zero attached hydrogens (tertiary/aromatic N) is 6. The topological polar surface area (TPSA) is 85.5 Å². The van der Waals surface area contributed by atoms with Gasteiger partial charge in [0.05, 0.1) is 41.7 Å². The van der Waals surface area contributed by atoms with Crippen molar-refractivity contribution in [1.29, 1.82) is 0 Å². The summed E-state index contributed by atoms with van der Waals surface area (Å²) in [5.74, 6) is -1.39. The van der Waals surface area contributed by atoms with Crippen LogP contribution in [-0.2, 0) is 29.3 Å². The summed E-state index contributed by atoms with van der Waals surface area (Å²) >= 11 is 1.25. The van der Waals surface area contributed by atoms with Crippen LogP contribution in [0, 0.1) is 5.41 Å². The zero-order valence-electron chi connectivity index (χ0n) is 24.3. The third-order valence-electron chi connectivity index (χ3n) is 9.25. The molecule has 2 saturated heterocycles. The van der Waals surface area contributed by atoms with E-state index in [1.54, 1.807) is 11.9 Å². The molecule has 1 unspecified atom stereocenters. The van der Waals surface area contributed by atoms with Gasteiger partial charge < -0.3 is 14.5 Å². The van der Waals surface area contributed by atoms with E-state index in [4.69, 9.17) is 4.74 Å². The molecule has 1 aromatic carbocycles. The second-order valence-electron chi connectivity index (χ2n) is 12.3. The van der Waals surface area contributed by atoms with Crippen molar-refractivity contribution < 1.29 is 27.1 Å². The van der Waals surface area contributed by atoms with Crippen LogP contribution in [0.5, 0.6) is 0 Å². The number of thioether (sulfide) groups is 1. The number of halogens is 4. The van der Waals surface area contributed by atoms with Crippen molar-refractivity contribution in [3.05, 3.63) is 63.9 Å². The fourth-order valence-electron chi connectivity index (χ4n) is 7.02. The number of aryl methyl sites for hydroxylation is 1. The van der Waals surface area contributed by atoms with E-state index in [0.29, 0.717) is 30.2 Å². The lowest BCUT2D eigenvalue weighted by molar-refractivity contribution is -0.138. The normalized spacial score (nSPS) is 24.2. The molecule has 5 heterocycles. The maximum absolute atomic E-state index is 15.2. The van der Waals surface area contributed by atoms with E-state index >= 15 is 17.6 Å². The average Bonchev–Trinajstić information content (AvgIpc) is 3.42. The van der Waals surface area contributed by atoms with E-state index < -0.39 is 34.6 Å². The number of hydrogen-bond acceptors (Lipinski definition) is 7. The summed E-state index contributed by atoms with van der Waals surface area (Å²) in [6.45, 7) is 8.75. The predicted molar refractivity (Wildman–Crippen MR) is 157 cm³/mol. The van der Waals surface area contributed by atoms with E-state index in [1.165, 1.54) is 39.4 Å². The molecule has 3 aliphatic heterocycles. The molecule has 232 valence electrons. The first-order chi connectivity index (χ1) is 20.8. The fraction of sp³-hybridized carbons (Fsp3) is 0.467. The maximum atomic E-state index is 15.2. The zero-order chi connectivity index (χ0) is 31.3. The SMILES string of the molecule is C=CC(=O)N1C[C@H](C)N(c2nc(=O)n3c4c(c(C5C=C(F)c6cnn(C)c65)c(C(F)(F)F)cc24)SCC2(COC2)C3)C[C@H]1C. The number of aromatic nitrogens is 4. The summed E-state index contributed by atoms with van der Waals surface area (Å²) < 4.78 is 69.0. The molecule has 2 aromatic heterocycles. The number of fused-ring (bicyclic) bond motifs is 1. The Morgan fingerprint density at radius 1 is 1.23 bits per heavy atom. The van der Waals surface area contributed by atoms with Crippen LogP contribution < -0.4 is 10.6 Å². The van der Waals surface area contributed by atoms with Crippen molar-refractivity contribution in [1.82, 2.24) is 24.2 Å². The van der Waals surface area contributed by atoms with Gasteiger partial charge in [-0.05, 0) is 37.6 Å². The van der Waals surface area contributed by atoms with E-state index in [2.05, 4.69) is 16.7 Å². The molecule has 0 bridgehead atoms. The van der Waals surface area contributed by atoms with E-state index in [9.17, 15) is 9.59 Å². The molecular weight excluding hydrogens is 600 g/mol. The standard InChI is InChI=1S/C30H30F4N6O3S/c1-5-22(41)38-9-16(3)39(10-15(38)2)27-18-6-20(30(32,33)34)23(17-7-21(31)19-8-35-37(4)24(17)19)26-25(18)40(28(42)36-27)11-29(14-44-26)12-43-13-29/h5-8,15-17H,1,9-14H2,2-4H3/t15-,16+,17?/m1/s1. The first-order valence-electron chi connectivity index (χ1n) is 14.3. The van der Waals surface area contributed by atoms with Crippen LogP contribution in [0.1, 0.15) is 42.1 Å². The Labute approximate surface area is 254 Å². The molecule has 14 heteroatoms. The number of alkyl halides is 3. The Morgan fingerprint density at radius 2 is 1.98 bits per heavy atom. The fourth-order valence-corrected chi connectivity index (χ4v) is 8.47. The highest BCUT2D eigenvalue weighted by atomic mass is 32.2. The second kappa shape index (κ2) is 9.93. The summed E-state index contributed by atoms with van der Waals surface area (Å²) in [7, 11) is 1.58. The van der Waals surface area contributed by atoms with Crippen molar-refractivity contribution in [3.63, 3.8) is 0 Å². The highest BCUT2D eigenvalue weighted by molar-refractivity contribution is 7.99. The third kappa shape index (κ3) is 4.24. The van der Waals surface area contributed by atoms with Gasteiger partial charge in [0.25, 0.3) is 0 Å². The molecule has 0 saturated carbocycles. The van der Waals surface area contributed by atoms with Crippen molar-refractivity contribution in [2.24, 2.45) is 12.5 Å². The maximum Gasteiger partial charge on any atom is 0.416 e. The van der Waals surface area contributed by atoms with Gasteiger partial charge in [-0.2, -0.15) is 23.3 Å². The first-order valence-corrected chi connectivity index (χ1v) is 15.3. The molecule has 2 fully saturated rings. The summed E-state index contributed by atoms with van der Waals surface area (Å²) in [6, 6.07) is 0.403. The lowest BCUT2D eigenvalue weighted by atomic mass is 9.87. The van der Waals surface area contributed by atoms with Crippen molar-refractivity contribution in [2.75, 3.05) is 37.0 Å². The van der Waals surface area contributed by atoms with Crippen LogP contribution in [0.15, 0.2) is 40.7 Å². The third-order valence-corrected chi connectivity index (χ3v) is 10.7. The number of rotatable bonds is 3.